The summed E-state index contributed by atoms with van der Waals surface area (Å²) in [6.45, 7) is 3.13. The molecule has 5 heteroatoms. The van der Waals surface area contributed by atoms with Crippen LogP contribution in [0.15, 0.2) is 42.5 Å². The van der Waals surface area contributed by atoms with E-state index in [1.165, 1.54) is 5.56 Å². The fourth-order valence-corrected chi connectivity index (χ4v) is 2.32. The van der Waals surface area contributed by atoms with Crippen molar-refractivity contribution in [2.75, 3.05) is 11.9 Å². The number of carbonyl (C=O) groups excluding carboxylic acids is 1. The lowest BCUT2D eigenvalue weighted by atomic mass is 10.1. The number of rotatable bonds is 6. The normalized spacial score (nSPS) is 10.3. The molecular formula is C17H18Cl2N2O. The Balaban J connectivity index is 1.74. The third kappa shape index (κ3) is 4.93. The van der Waals surface area contributed by atoms with Crippen molar-refractivity contribution in [3.63, 3.8) is 0 Å². The first-order valence-electron chi connectivity index (χ1n) is 7.06. The van der Waals surface area contributed by atoms with Gasteiger partial charge in [0, 0.05) is 25.2 Å². The van der Waals surface area contributed by atoms with Gasteiger partial charge in [-0.05, 0) is 36.2 Å². The van der Waals surface area contributed by atoms with E-state index in [1.807, 2.05) is 37.3 Å². The topological polar surface area (TPSA) is 41.1 Å². The molecule has 0 aromatic heterocycles. The third-order valence-corrected chi connectivity index (χ3v) is 4.08. The highest BCUT2D eigenvalue weighted by atomic mass is 35.5. The molecule has 2 aromatic carbocycles. The third-order valence-electron chi connectivity index (χ3n) is 3.34. The summed E-state index contributed by atoms with van der Waals surface area (Å²) in [4.78, 5) is 11.8. The summed E-state index contributed by atoms with van der Waals surface area (Å²) in [5.41, 5.74) is 3.16. The van der Waals surface area contributed by atoms with Crippen molar-refractivity contribution in [1.29, 1.82) is 0 Å². The van der Waals surface area contributed by atoms with Crippen LogP contribution in [0.3, 0.4) is 0 Å². The number of carbonyl (C=O) groups is 1. The van der Waals surface area contributed by atoms with Crippen molar-refractivity contribution in [1.82, 2.24) is 5.32 Å². The zero-order valence-electron chi connectivity index (χ0n) is 12.3. The van der Waals surface area contributed by atoms with Crippen LogP contribution in [0.2, 0.25) is 10.0 Å². The molecule has 116 valence electrons. The highest BCUT2D eigenvalue weighted by molar-refractivity contribution is 6.42. The molecule has 2 aromatic rings. The first-order chi connectivity index (χ1) is 10.6. The zero-order chi connectivity index (χ0) is 15.9. The molecule has 0 radical (unpaired) electrons. The average molecular weight is 337 g/mol. The molecular weight excluding hydrogens is 319 g/mol. The second kappa shape index (κ2) is 8.06. The first-order valence-corrected chi connectivity index (χ1v) is 7.82. The molecule has 0 atom stereocenters. The minimum atomic E-state index is 0.0100. The van der Waals surface area contributed by atoms with Gasteiger partial charge in [0.25, 0.3) is 0 Å². The molecule has 3 nitrogen and oxygen atoms in total. The van der Waals surface area contributed by atoms with Crippen LogP contribution in [0, 0.1) is 6.92 Å². The highest BCUT2D eigenvalue weighted by Gasteiger charge is 2.04. The summed E-state index contributed by atoms with van der Waals surface area (Å²) < 4.78 is 0. The zero-order valence-corrected chi connectivity index (χ0v) is 13.8. The van der Waals surface area contributed by atoms with Crippen molar-refractivity contribution in [3.05, 3.63) is 63.6 Å². The second-order valence-electron chi connectivity index (χ2n) is 5.01. The van der Waals surface area contributed by atoms with E-state index in [2.05, 4.69) is 10.6 Å². The molecule has 0 saturated carbocycles. The standard InChI is InChI=1S/C17H18Cl2N2O/c1-12-4-2-3-5-13(12)11-21-17(22)8-9-20-14-6-7-15(18)16(19)10-14/h2-7,10,20H,8-9,11H2,1H3,(H,21,22). The van der Waals surface area contributed by atoms with Crippen LogP contribution in [-0.2, 0) is 11.3 Å². The Morgan fingerprint density at radius 2 is 1.86 bits per heavy atom. The Morgan fingerprint density at radius 1 is 1.09 bits per heavy atom. The van der Waals surface area contributed by atoms with Crippen LogP contribution in [0.1, 0.15) is 17.5 Å². The SMILES string of the molecule is Cc1ccccc1CNC(=O)CCNc1ccc(Cl)c(Cl)c1. The van der Waals surface area contributed by atoms with Gasteiger partial charge in [-0.25, -0.2) is 0 Å². The Hall–Kier alpha value is -1.71. The van der Waals surface area contributed by atoms with Crippen LogP contribution >= 0.6 is 23.2 Å². The van der Waals surface area contributed by atoms with E-state index >= 15 is 0 Å². The fraction of sp³-hybridized carbons (Fsp3) is 0.235. The van der Waals surface area contributed by atoms with Crippen molar-refractivity contribution in [3.8, 4) is 0 Å². The minimum absolute atomic E-state index is 0.0100. The Bertz CT molecular complexity index is 659. The van der Waals surface area contributed by atoms with Crippen LogP contribution in [0.25, 0.3) is 0 Å². The summed E-state index contributed by atoms with van der Waals surface area (Å²) in [6.07, 6.45) is 0.395. The summed E-state index contributed by atoms with van der Waals surface area (Å²) >= 11 is 11.8. The lowest BCUT2D eigenvalue weighted by Crippen LogP contribution is -2.25. The summed E-state index contributed by atoms with van der Waals surface area (Å²) in [6, 6.07) is 13.3. The van der Waals surface area contributed by atoms with Gasteiger partial charge in [-0.1, -0.05) is 47.5 Å². The fourth-order valence-electron chi connectivity index (χ4n) is 2.02. The predicted octanol–water partition coefficient (Wildman–Crippen LogP) is 4.42. The number of hydrogen-bond acceptors (Lipinski definition) is 2. The van der Waals surface area contributed by atoms with Gasteiger partial charge in [0.15, 0.2) is 0 Å². The smallest absolute Gasteiger partial charge is 0.222 e. The lowest BCUT2D eigenvalue weighted by molar-refractivity contribution is -0.121. The number of benzene rings is 2. The number of halogens is 2. The largest absolute Gasteiger partial charge is 0.384 e. The van der Waals surface area contributed by atoms with E-state index in [4.69, 9.17) is 23.2 Å². The Labute approximate surface area is 140 Å². The van der Waals surface area contributed by atoms with Crippen LogP contribution in [0.5, 0.6) is 0 Å². The predicted molar refractivity (Wildman–Crippen MR) is 92.6 cm³/mol. The highest BCUT2D eigenvalue weighted by Crippen LogP contribution is 2.24. The molecule has 2 N–H and O–H groups in total. The maximum Gasteiger partial charge on any atom is 0.222 e. The van der Waals surface area contributed by atoms with Gasteiger partial charge in [-0.3, -0.25) is 4.79 Å². The van der Waals surface area contributed by atoms with E-state index in [0.29, 0.717) is 29.6 Å². The molecule has 0 aliphatic carbocycles. The molecule has 0 spiro atoms. The second-order valence-corrected chi connectivity index (χ2v) is 5.82. The van der Waals surface area contributed by atoms with Crippen molar-refractivity contribution in [2.24, 2.45) is 0 Å². The van der Waals surface area contributed by atoms with Gasteiger partial charge in [0.05, 0.1) is 10.0 Å². The Kier molecular flexibility index (Phi) is 6.10. The molecule has 0 bridgehead atoms. The van der Waals surface area contributed by atoms with Gasteiger partial charge < -0.3 is 10.6 Å². The molecule has 0 aliphatic heterocycles. The van der Waals surface area contributed by atoms with Crippen LogP contribution in [-0.4, -0.2) is 12.5 Å². The van der Waals surface area contributed by atoms with Crippen molar-refractivity contribution < 1.29 is 4.79 Å². The van der Waals surface area contributed by atoms with Crippen molar-refractivity contribution in [2.45, 2.75) is 19.9 Å². The van der Waals surface area contributed by atoms with E-state index in [1.54, 1.807) is 12.1 Å². The van der Waals surface area contributed by atoms with E-state index in [0.717, 1.165) is 11.3 Å². The average Bonchev–Trinajstić information content (AvgIpc) is 2.50. The molecule has 2 rings (SSSR count). The number of hydrogen-bond donors (Lipinski definition) is 2. The van der Waals surface area contributed by atoms with Gasteiger partial charge in [-0.2, -0.15) is 0 Å². The molecule has 0 fully saturated rings. The van der Waals surface area contributed by atoms with Gasteiger partial charge >= 0.3 is 0 Å². The van der Waals surface area contributed by atoms with Gasteiger partial charge in [-0.15, -0.1) is 0 Å². The van der Waals surface area contributed by atoms with Crippen molar-refractivity contribution >= 4 is 34.8 Å². The van der Waals surface area contributed by atoms with E-state index in [-0.39, 0.29) is 5.91 Å². The first kappa shape index (κ1) is 16.7. The Morgan fingerprint density at radius 3 is 2.59 bits per heavy atom. The number of nitrogens with one attached hydrogen (secondary N) is 2. The number of anilines is 1. The number of amides is 1. The summed E-state index contributed by atoms with van der Waals surface area (Å²) in [5, 5.41) is 7.08. The minimum Gasteiger partial charge on any atom is -0.384 e. The van der Waals surface area contributed by atoms with Crippen LogP contribution < -0.4 is 10.6 Å². The van der Waals surface area contributed by atoms with E-state index < -0.39 is 0 Å². The molecule has 0 heterocycles. The molecule has 0 aliphatic rings. The quantitative estimate of drug-likeness (QED) is 0.819. The molecule has 0 unspecified atom stereocenters. The molecule has 1 amide bonds. The number of aryl methyl sites for hydroxylation is 1. The maximum atomic E-state index is 11.8. The van der Waals surface area contributed by atoms with E-state index in [9.17, 15) is 4.79 Å². The summed E-state index contributed by atoms with van der Waals surface area (Å²) in [7, 11) is 0. The summed E-state index contributed by atoms with van der Waals surface area (Å²) in [5.74, 6) is 0.0100. The van der Waals surface area contributed by atoms with Gasteiger partial charge in [0.1, 0.15) is 0 Å². The molecule has 22 heavy (non-hydrogen) atoms. The maximum absolute atomic E-state index is 11.8. The lowest BCUT2D eigenvalue weighted by Gasteiger charge is -2.09. The monoisotopic (exact) mass is 336 g/mol. The molecule has 0 saturated heterocycles. The van der Waals surface area contributed by atoms with Crippen LogP contribution in [0.4, 0.5) is 5.69 Å². The van der Waals surface area contributed by atoms with Gasteiger partial charge in [0.2, 0.25) is 5.91 Å².